The van der Waals surface area contributed by atoms with E-state index in [-0.39, 0.29) is 18.2 Å². The van der Waals surface area contributed by atoms with Crippen LogP contribution in [0, 0.1) is 0 Å². The van der Waals surface area contributed by atoms with E-state index in [1.807, 2.05) is 36.5 Å². The highest BCUT2D eigenvalue weighted by Crippen LogP contribution is 2.28. The molecule has 0 unspecified atom stereocenters. The zero-order valence-corrected chi connectivity index (χ0v) is 14.3. The molecule has 1 heterocycles. The van der Waals surface area contributed by atoms with Gasteiger partial charge in [-0.2, -0.15) is 0 Å². The number of allylic oxidation sites excluding steroid dienone is 7. The molecule has 0 amide bonds. The first kappa shape index (κ1) is 16.3. The van der Waals surface area contributed by atoms with Crippen LogP contribution in [0.15, 0.2) is 48.6 Å². The molecule has 0 aliphatic carbocycles. The van der Waals surface area contributed by atoms with E-state index in [2.05, 4.69) is 11.7 Å². The second-order valence-corrected chi connectivity index (χ2v) is 5.47. The summed E-state index contributed by atoms with van der Waals surface area (Å²) in [5, 5.41) is 0. The van der Waals surface area contributed by atoms with Crippen LogP contribution in [0.2, 0.25) is 0 Å². The maximum atomic E-state index is 11.0. The monoisotopic (exact) mass is 320 g/mol. The summed E-state index contributed by atoms with van der Waals surface area (Å²) in [7, 11) is 1.40. The lowest BCUT2D eigenvalue weighted by Crippen LogP contribution is -2.01. The van der Waals surface area contributed by atoms with E-state index >= 15 is 0 Å². The number of hydrogen-bond acceptors (Lipinski definition) is 3. The molecule has 1 saturated heterocycles. The van der Waals surface area contributed by atoms with Crippen molar-refractivity contribution in [2.75, 3.05) is 7.11 Å². The van der Waals surface area contributed by atoms with Gasteiger partial charge in [-0.1, -0.05) is 68.3 Å². The van der Waals surface area contributed by atoms with Gasteiger partial charge >= 0.3 is 5.97 Å². The Morgan fingerprint density at radius 2 is 2.04 bits per heavy atom. The van der Waals surface area contributed by atoms with Crippen LogP contribution in [0.1, 0.15) is 54.6 Å². The first-order chi connectivity index (χ1) is 12.1. The Bertz CT molecular complexity index is 521. The molecule has 0 aromatic carbocycles. The first-order valence-electron chi connectivity index (χ1n) is 9.46. The number of esters is 1. The Hall–Kier alpha value is -1.61. The minimum absolute atomic E-state index is 0.151. The third-order valence-corrected chi connectivity index (χ3v) is 3.49. The lowest BCUT2D eigenvalue weighted by Gasteiger charge is -1.96. The molecule has 1 rings (SSSR count). The number of methoxy groups -OCH3 is 1. The lowest BCUT2D eigenvalue weighted by molar-refractivity contribution is -0.140. The van der Waals surface area contributed by atoms with Gasteiger partial charge in [-0.05, 0) is 25.7 Å². The van der Waals surface area contributed by atoms with Crippen LogP contribution in [0.3, 0.4) is 0 Å². The van der Waals surface area contributed by atoms with Crippen LogP contribution in [-0.4, -0.2) is 25.3 Å². The van der Waals surface area contributed by atoms with E-state index in [1.54, 1.807) is 0 Å². The summed E-state index contributed by atoms with van der Waals surface area (Å²) in [6, 6.07) is 0.842. The third kappa shape index (κ3) is 10.7. The molecule has 0 saturated carbocycles. The minimum Gasteiger partial charge on any atom is -0.469 e. The van der Waals surface area contributed by atoms with Gasteiger partial charge in [0.2, 0.25) is 0 Å². The Balaban J connectivity index is 2.15. The number of rotatable bonds is 12. The minimum atomic E-state index is -0.170. The average molecular weight is 320 g/mol. The molecule has 0 bridgehead atoms. The number of ether oxygens (including phenoxy) is 2. The van der Waals surface area contributed by atoms with Crippen molar-refractivity contribution >= 4 is 5.97 Å². The van der Waals surface area contributed by atoms with Gasteiger partial charge in [0.1, 0.15) is 6.10 Å². The molecule has 3 heteroatoms. The normalized spacial score (nSPS) is 23.2. The summed E-state index contributed by atoms with van der Waals surface area (Å²) >= 11 is 0. The Morgan fingerprint density at radius 1 is 1.22 bits per heavy atom. The predicted molar refractivity (Wildman–Crippen MR) is 95.2 cm³/mol. The van der Waals surface area contributed by atoms with Crippen molar-refractivity contribution in [3.63, 3.8) is 0 Å². The van der Waals surface area contributed by atoms with Crippen LogP contribution in [0.4, 0.5) is 0 Å². The van der Waals surface area contributed by atoms with Crippen molar-refractivity contribution in [2.45, 2.75) is 64.1 Å². The number of hydrogen-bond donors (Lipinski definition) is 0. The molecule has 2 atom stereocenters. The van der Waals surface area contributed by atoms with Crippen molar-refractivity contribution < 1.29 is 17.0 Å². The number of carbonyl (C=O) groups is 1. The first-order valence-corrected chi connectivity index (χ1v) is 8.46. The van der Waals surface area contributed by atoms with Gasteiger partial charge < -0.3 is 9.47 Å². The lowest BCUT2D eigenvalue weighted by atomic mass is 10.1. The maximum absolute atomic E-state index is 11.0. The summed E-state index contributed by atoms with van der Waals surface area (Å²) in [4.78, 5) is 11.0. The molecule has 0 N–H and O–H groups in total. The van der Waals surface area contributed by atoms with E-state index in [4.69, 9.17) is 7.48 Å². The van der Waals surface area contributed by atoms with Gasteiger partial charge in [-0.15, -0.1) is 0 Å². The van der Waals surface area contributed by atoms with Gasteiger partial charge in [0.25, 0.3) is 0 Å². The summed E-state index contributed by atoms with van der Waals surface area (Å²) in [6.45, 7) is 2.09. The summed E-state index contributed by atoms with van der Waals surface area (Å²) < 4.78 is 25.7. The second kappa shape index (κ2) is 12.9. The van der Waals surface area contributed by atoms with Gasteiger partial charge in [0, 0.05) is 6.42 Å². The smallest absolute Gasteiger partial charge is 0.305 e. The van der Waals surface area contributed by atoms with Crippen LogP contribution in [-0.2, 0) is 14.3 Å². The van der Waals surface area contributed by atoms with Gasteiger partial charge in [-0.25, -0.2) is 0 Å². The van der Waals surface area contributed by atoms with E-state index < -0.39 is 0 Å². The van der Waals surface area contributed by atoms with E-state index in [0.717, 1.165) is 25.7 Å². The molecule has 1 fully saturated rings. The molecule has 1 aliphatic rings. The molecule has 1 aliphatic heterocycles. The highest BCUT2D eigenvalue weighted by Gasteiger charge is 2.35. The third-order valence-electron chi connectivity index (χ3n) is 3.49. The number of carbonyl (C=O) groups excluding carboxylic acids is 1. The molecule has 0 aromatic heterocycles. The topological polar surface area (TPSA) is 38.8 Å². The molecule has 128 valence electrons. The van der Waals surface area contributed by atoms with Crippen molar-refractivity contribution in [3.8, 4) is 0 Å². The summed E-state index contributed by atoms with van der Waals surface area (Å²) in [5.74, 6) is -0.170. The second-order valence-electron chi connectivity index (χ2n) is 5.47. The molecule has 0 radical (unpaired) electrons. The van der Waals surface area contributed by atoms with Crippen molar-refractivity contribution in [1.29, 1.82) is 0 Å². The average Bonchev–Trinajstić information content (AvgIpc) is 3.36. The summed E-state index contributed by atoms with van der Waals surface area (Å²) in [5.41, 5.74) is 0. The zero-order valence-electron chi connectivity index (χ0n) is 16.3. The number of epoxide rings is 1. The summed E-state index contributed by atoms with van der Waals surface area (Å²) in [6.07, 6.45) is 17.3. The van der Waals surface area contributed by atoms with Crippen molar-refractivity contribution in [2.24, 2.45) is 0 Å². The van der Waals surface area contributed by atoms with E-state index in [0.29, 0.717) is 31.4 Å². The predicted octanol–water partition coefficient (Wildman–Crippen LogP) is 4.90. The zero-order chi connectivity index (χ0) is 18.5. The Kier molecular flexibility index (Phi) is 9.11. The standard InChI is InChI=1S/C20H30O3/c1-3-4-5-6-7-8-9-10-11-12-13-15-18-19(23-18)16-14-17-20(21)22-2/h6-7,9-13,15,18-19H,3-5,8,14,16-17H2,1-2H3/b7-6-,10-9-,12-11+,15-13+/t18-,19-/m0/s1/i6D,7D. The largest absolute Gasteiger partial charge is 0.469 e. The van der Waals surface area contributed by atoms with E-state index in [9.17, 15) is 4.79 Å². The quantitative estimate of drug-likeness (QED) is 0.222. The fourth-order valence-electron chi connectivity index (χ4n) is 2.04. The Morgan fingerprint density at radius 3 is 2.83 bits per heavy atom. The van der Waals surface area contributed by atoms with Gasteiger partial charge in [-0.3, -0.25) is 4.79 Å². The Labute approximate surface area is 143 Å². The molecule has 0 aromatic rings. The molecule has 3 nitrogen and oxygen atoms in total. The molecule has 23 heavy (non-hydrogen) atoms. The van der Waals surface area contributed by atoms with Crippen LogP contribution < -0.4 is 0 Å². The van der Waals surface area contributed by atoms with Crippen molar-refractivity contribution in [3.05, 3.63) is 48.6 Å². The fourth-order valence-corrected chi connectivity index (χ4v) is 2.04. The molecular weight excluding hydrogens is 288 g/mol. The van der Waals surface area contributed by atoms with Crippen LogP contribution in [0.25, 0.3) is 0 Å². The molecular formula is C20H30O3. The van der Waals surface area contributed by atoms with E-state index in [1.165, 1.54) is 7.11 Å². The highest BCUT2D eigenvalue weighted by molar-refractivity contribution is 5.68. The maximum Gasteiger partial charge on any atom is 0.305 e. The van der Waals surface area contributed by atoms with Crippen molar-refractivity contribution in [1.82, 2.24) is 0 Å². The fraction of sp³-hybridized carbons (Fsp3) is 0.550. The molecule has 0 spiro atoms. The number of unbranched alkanes of at least 4 members (excludes halogenated alkanes) is 1. The highest BCUT2D eigenvalue weighted by atomic mass is 16.6. The van der Waals surface area contributed by atoms with Gasteiger partial charge in [0.05, 0.1) is 16.0 Å². The van der Waals surface area contributed by atoms with Gasteiger partial charge in [0.15, 0.2) is 0 Å². The van der Waals surface area contributed by atoms with Crippen LogP contribution in [0.5, 0.6) is 0 Å². The SMILES string of the molecule is [2H]/C(C\C=C/C=C/C=C/[C@@H]1O[C@H]1CCCC(=O)OC)=C(\[2H])CCCC. The van der Waals surface area contributed by atoms with Crippen LogP contribution >= 0.6 is 0 Å².